The molecule has 1 aliphatic rings. The van der Waals surface area contributed by atoms with E-state index in [0.29, 0.717) is 32.3 Å². The molecule has 7 heteroatoms. The van der Waals surface area contributed by atoms with E-state index in [1.807, 2.05) is 35.0 Å². The molecule has 2 aromatic rings. The summed E-state index contributed by atoms with van der Waals surface area (Å²) in [7, 11) is 0. The summed E-state index contributed by atoms with van der Waals surface area (Å²) in [6.07, 6.45) is 3.53. The monoisotopic (exact) mass is 364 g/mol. The molecule has 1 aromatic carbocycles. The predicted octanol–water partition coefficient (Wildman–Crippen LogP) is 1.62. The topological polar surface area (TPSA) is 68.2 Å². The number of imidazole rings is 1. The lowest BCUT2D eigenvalue weighted by molar-refractivity contribution is -0.120. The number of hydrogen-bond donors (Lipinski definition) is 2. The first kappa shape index (κ1) is 15.2. The van der Waals surface area contributed by atoms with E-state index in [4.69, 9.17) is 4.74 Å². The molecule has 22 heavy (non-hydrogen) atoms. The number of ether oxygens (including phenoxy) is 1. The van der Waals surface area contributed by atoms with Crippen LogP contribution in [0.2, 0.25) is 0 Å². The zero-order chi connectivity index (χ0) is 15.4. The molecule has 1 unspecified atom stereocenters. The highest BCUT2D eigenvalue weighted by Crippen LogP contribution is 2.14. The van der Waals surface area contributed by atoms with Gasteiger partial charge in [-0.1, -0.05) is 28.1 Å². The van der Waals surface area contributed by atoms with Crippen LogP contribution in [0.1, 0.15) is 5.56 Å². The van der Waals surface area contributed by atoms with Gasteiger partial charge in [0.2, 0.25) is 11.9 Å². The smallest absolute Gasteiger partial charge is 0.246 e. The Labute approximate surface area is 137 Å². The third kappa shape index (κ3) is 3.73. The summed E-state index contributed by atoms with van der Waals surface area (Å²) in [4.78, 5) is 16.4. The van der Waals surface area contributed by atoms with E-state index in [2.05, 4.69) is 31.5 Å². The SMILES string of the molecule is O=C(Nc1nccn1Cc1ccc(Br)cc1)C1COCCN1. The van der Waals surface area contributed by atoms with E-state index < -0.39 is 0 Å². The maximum Gasteiger partial charge on any atom is 0.246 e. The van der Waals surface area contributed by atoms with E-state index >= 15 is 0 Å². The molecule has 2 heterocycles. The van der Waals surface area contributed by atoms with Crippen LogP contribution in [0.3, 0.4) is 0 Å². The van der Waals surface area contributed by atoms with Gasteiger partial charge in [-0.2, -0.15) is 0 Å². The number of nitrogens with zero attached hydrogens (tertiary/aromatic N) is 2. The summed E-state index contributed by atoms with van der Waals surface area (Å²) in [5.74, 6) is 0.420. The van der Waals surface area contributed by atoms with Crippen LogP contribution in [0, 0.1) is 0 Å². The van der Waals surface area contributed by atoms with E-state index in [-0.39, 0.29) is 11.9 Å². The minimum Gasteiger partial charge on any atom is -0.378 e. The third-order valence-electron chi connectivity index (χ3n) is 3.45. The van der Waals surface area contributed by atoms with Crippen molar-refractivity contribution in [3.8, 4) is 0 Å². The number of nitrogens with one attached hydrogen (secondary N) is 2. The van der Waals surface area contributed by atoms with Crippen molar-refractivity contribution in [3.05, 3.63) is 46.7 Å². The standard InChI is InChI=1S/C15H17BrN4O2/c16-12-3-1-11(2-4-12)9-20-7-5-18-15(20)19-14(21)13-10-22-8-6-17-13/h1-5,7,13,17H,6,8-10H2,(H,18,19,21). The van der Waals surface area contributed by atoms with Crippen LogP contribution >= 0.6 is 15.9 Å². The Morgan fingerprint density at radius 2 is 2.27 bits per heavy atom. The highest BCUT2D eigenvalue weighted by atomic mass is 79.9. The maximum atomic E-state index is 12.2. The van der Waals surface area contributed by atoms with Crippen molar-refractivity contribution in [1.82, 2.24) is 14.9 Å². The number of benzene rings is 1. The Kier molecular flexibility index (Phi) is 4.87. The third-order valence-corrected chi connectivity index (χ3v) is 3.98. The van der Waals surface area contributed by atoms with Crippen molar-refractivity contribution in [3.63, 3.8) is 0 Å². The van der Waals surface area contributed by atoms with Gasteiger partial charge in [0.15, 0.2) is 0 Å². The number of carbonyl (C=O) groups excluding carboxylic acids is 1. The first-order chi connectivity index (χ1) is 10.7. The molecule has 3 rings (SSSR count). The Hall–Kier alpha value is -1.70. The Morgan fingerprint density at radius 3 is 3.00 bits per heavy atom. The lowest BCUT2D eigenvalue weighted by atomic mass is 10.2. The van der Waals surface area contributed by atoms with E-state index in [1.54, 1.807) is 6.20 Å². The Bertz CT molecular complexity index is 635. The summed E-state index contributed by atoms with van der Waals surface area (Å²) < 4.78 is 8.25. The zero-order valence-electron chi connectivity index (χ0n) is 12.0. The summed E-state index contributed by atoms with van der Waals surface area (Å²) >= 11 is 3.42. The second-order valence-electron chi connectivity index (χ2n) is 5.08. The molecule has 0 spiro atoms. The summed E-state index contributed by atoms with van der Waals surface area (Å²) in [5, 5.41) is 5.98. The van der Waals surface area contributed by atoms with Crippen LogP contribution in [0.4, 0.5) is 5.95 Å². The van der Waals surface area contributed by atoms with Crippen LogP contribution in [0.15, 0.2) is 41.1 Å². The molecular formula is C15H17BrN4O2. The van der Waals surface area contributed by atoms with Crippen LogP contribution in [-0.4, -0.2) is 41.3 Å². The van der Waals surface area contributed by atoms with Crippen LogP contribution in [0.25, 0.3) is 0 Å². The normalized spacial score (nSPS) is 18.1. The molecule has 6 nitrogen and oxygen atoms in total. The number of amides is 1. The highest BCUT2D eigenvalue weighted by Gasteiger charge is 2.22. The number of hydrogen-bond acceptors (Lipinski definition) is 4. The Morgan fingerprint density at radius 1 is 1.45 bits per heavy atom. The fourth-order valence-corrected chi connectivity index (χ4v) is 2.54. The van der Waals surface area contributed by atoms with Gasteiger partial charge in [0.1, 0.15) is 6.04 Å². The first-order valence-corrected chi connectivity index (χ1v) is 7.89. The first-order valence-electron chi connectivity index (χ1n) is 7.10. The fraction of sp³-hybridized carbons (Fsp3) is 0.333. The molecule has 1 saturated heterocycles. The summed E-state index contributed by atoms with van der Waals surface area (Å²) in [6.45, 7) is 2.37. The van der Waals surface area contributed by atoms with Crippen molar-refractivity contribution in [2.24, 2.45) is 0 Å². The van der Waals surface area contributed by atoms with Gasteiger partial charge in [-0.3, -0.25) is 10.1 Å². The van der Waals surface area contributed by atoms with Gasteiger partial charge in [-0.05, 0) is 17.7 Å². The molecule has 0 aliphatic carbocycles. The van der Waals surface area contributed by atoms with Gasteiger partial charge in [-0.25, -0.2) is 4.98 Å². The minimum atomic E-state index is -0.327. The molecule has 0 saturated carbocycles. The molecule has 116 valence electrons. The molecule has 1 amide bonds. The van der Waals surface area contributed by atoms with Crippen molar-refractivity contribution in [2.45, 2.75) is 12.6 Å². The lowest BCUT2D eigenvalue weighted by Crippen LogP contribution is -2.49. The quantitative estimate of drug-likeness (QED) is 0.864. The molecule has 1 atom stereocenters. The van der Waals surface area contributed by atoms with Crippen molar-refractivity contribution < 1.29 is 9.53 Å². The molecule has 2 N–H and O–H groups in total. The Balaban J connectivity index is 1.66. The second kappa shape index (κ2) is 7.04. The molecule has 1 aliphatic heterocycles. The van der Waals surface area contributed by atoms with E-state index in [9.17, 15) is 4.79 Å². The second-order valence-corrected chi connectivity index (χ2v) is 5.99. The van der Waals surface area contributed by atoms with Gasteiger partial charge >= 0.3 is 0 Å². The average Bonchev–Trinajstić information content (AvgIpc) is 2.97. The van der Waals surface area contributed by atoms with Gasteiger partial charge in [0.25, 0.3) is 0 Å². The summed E-state index contributed by atoms with van der Waals surface area (Å²) in [6, 6.07) is 7.73. The maximum absolute atomic E-state index is 12.2. The molecule has 1 fully saturated rings. The van der Waals surface area contributed by atoms with Crippen molar-refractivity contribution in [1.29, 1.82) is 0 Å². The molecule has 0 bridgehead atoms. The van der Waals surface area contributed by atoms with Gasteiger partial charge in [0, 0.05) is 23.4 Å². The summed E-state index contributed by atoms with van der Waals surface area (Å²) in [5.41, 5.74) is 1.14. The highest BCUT2D eigenvalue weighted by molar-refractivity contribution is 9.10. The predicted molar refractivity (Wildman–Crippen MR) is 86.7 cm³/mol. The van der Waals surface area contributed by atoms with Gasteiger partial charge < -0.3 is 14.6 Å². The lowest BCUT2D eigenvalue weighted by Gasteiger charge is -2.22. The number of halogens is 1. The van der Waals surface area contributed by atoms with Crippen molar-refractivity contribution in [2.75, 3.05) is 25.1 Å². The van der Waals surface area contributed by atoms with Gasteiger partial charge in [-0.15, -0.1) is 0 Å². The van der Waals surface area contributed by atoms with Gasteiger partial charge in [0.05, 0.1) is 19.8 Å². The minimum absolute atomic E-state index is 0.122. The molecule has 0 radical (unpaired) electrons. The van der Waals surface area contributed by atoms with Crippen molar-refractivity contribution >= 4 is 27.8 Å². The van der Waals surface area contributed by atoms with Crippen LogP contribution in [0.5, 0.6) is 0 Å². The average molecular weight is 365 g/mol. The van der Waals surface area contributed by atoms with E-state index in [1.165, 1.54) is 0 Å². The molecule has 1 aromatic heterocycles. The largest absolute Gasteiger partial charge is 0.378 e. The number of aromatic nitrogens is 2. The fourth-order valence-electron chi connectivity index (χ4n) is 2.28. The van der Waals surface area contributed by atoms with E-state index in [0.717, 1.165) is 10.0 Å². The number of rotatable bonds is 4. The molecular weight excluding hydrogens is 348 g/mol. The number of anilines is 1. The van der Waals surface area contributed by atoms with Crippen LogP contribution in [-0.2, 0) is 16.1 Å². The number of morpholine rings is 1. The number of carbonyl (C=O) groups is 1. The zero-order valence-corrected chi connectivity index (χ0v) is 13.5. The van der Waals surface area contributed by atoms with Crippen LogP contribution < -0.4 is 10.6 Å².